The van der Waals surface area contributed by atoms with Crippen molar-refractivity contribution in [3.63, 3.8) is 0 Å². The molecule has 0 aromatic carbocycles. The van der Waals surface area contributed by atoms with Crippen molar-refractivity contribution in [2.75, 3.05) is 13.7 Å². The molecule has 0 spiro atoms. The van der Waals surface area contributed by atoms with Gasteiger partial charge in [0.05, 0.1) is 13.2 Å². The normalized spacial score (nSPS) is 15.9. The Balaban J connectivity index is 4.34. The van der Waals surface area contributed by atoms with E-state index in [4.69, 9.17) is 4.74 Å². The number of hydrogen-bond acceptors (Lipinski definition) is 4. The molecule has 4 heteroatoms. The van der Waals surface area contributed by atoms with E-state index in [1.165, 1.54) is 7.11 Å². The average Bonchev–Trinajstić information content (AvgIpc) is 2.15. The molecule has 0 saturated heterocycles. The molecule has 0 aliphatic heterocycles. The van der Waals surface area contributed by atoms with Crippen LogP contribution in [0.5, 0.6) is 0 Å². The van der Waals surface area contributed by atoms with Crippen molar-refractivity contribution in [3.05, 3.63) is 0 Å². The van der Waals surface area contributed by atoms with Crippen LogP contribution in [0.3, 0.4) is 0 Å². The van der Waals surface area contributed by atoms with Gasteiger partial charge >= 0.3 is 5.97 Å². The van der Waals surface area contributed by atoms with Crippen molar-refractivity contribution in [2.24, 2.45) is 5.41 Å². The highest BCUT2D eigenvalue weighted by Crippen LogP contribution is 2.20. The molecule has 90 valence electrons. The summed E-state index contributed by atoms with van der Waals surface area (Å²) in [5.41, 5.74) is -0.222. The van der Waals surface area contributed by atoms with Gasteiger partial charge in [-0.15, -0.1) is 0 Å². The predicted octanol–water partition coefficient (Wildman–Crippen LogP) is 0.935. The van der Waals surface area contributed by atoms with Crippen LogP contribution in [0.2, 0.25) is 0 Å². The molecule has 2 atom stereocenters. The maximum Gasteiger partial charge on any atom is 0.323 e. The molecule has 2 N–H and O–H groups in total. The average molecular weight is 217 g/mol. The van der Waals surface area contributed by atoms with E-state index in [-0.39, 0.29) is 17.4 Å². The summed E-state index contributed by atoms with van der Waals surface area (Å²) in [5.74, 6) is -0.286. The van der Waals surface area contributed by atoms with Crippen molar-refractivity contribution in [3.8, 4) is 0 Å². The van der Waals surface area contributed by atoms with Gasteiger partial charge in [0.15, 0.2) is 0 Å². The Morgan fingerprint density at radius 2 is 2.00 bits per heavy atom. The van der Waals surface area contributed by atoms with Crippen LogP contribution in [0.1, 0.15) is 34.1 Å². The number of rotatable bonds is 5. The number of aliphatic hydroxyl groups excluding tert-OH is 1. The quantitative estimate of drug-likeness (QED) is 0.673. The van der Waals surface area contributed by atoms with Gasteiger partial charge in [-0.25, -0.2) is 0 Å². The molecular weight excluding hydrogens is 194 g/mol. The Morgan fingerprint density at radius 3 is 2.33 bits per heavy atom. The highest BCUT2D eigenvalue weighted by atomic mass is 16.5. The molecule has 0 aromatic heterocycles. The Morgan fingerprint density at radius 1 is 1.47 bits per heavy atom. The summed E-state index contributed by atoms with van der Waals surface area (Å²) in [5, 5.41) is 12.4. The van der Waals surface area contributed by atoms with Crippen LogP contribution in [0.25, 0.3) is 0 Å². The van der Waals surface area contributed by atoms with Crippen molar-refractivity contribution in [2.45, 2.75) is 46.3 Å². The van der Waals surface area contributed by atoms with E-state index in [0.717, 1.165) is 0 Å². The first-order valence-electron chi connectivity index (χ1n) is 5.32. The van der Waals surface area contributed by atoms with Gasteiger partial charge in [-0.1, -0.05) is 27.7 Å². The van der Waals surface area contributed by atoms with Gasteiger partial charge in [0.1, 0.15) is 6.04 Å². The third-order valence-electron chi connectivity index (χ3n) is 2.33. The standard InChI is InChI=1S/C11H23NO3/c1-6-8(13)7-12-9(10(14)15-5)11(2,3)4/h8-9,12-13H,6-7H2,1-5H3/t8-,9?/m1/s1. The van der Waals surface area contributed by atoms with Crippen LogP contribution in [-0.4, -0.2) is 36.9 Å². The van der Waals surface area contributed by atoms with E-state index in [1.807, 2.05) is 27.7 Å². The fraction of sp³-hybridized carbons (Fsp3) is 0.909. The van der Waals surface area contributed by atoms with Gasteiger partial charge in [-0.3, -0.25) is 4.79 Å². The lowest BCUT2D eigenvalue weighted by Gasteiger charge is -2.29. The lowest BCUT2D eigenvalue weighted by Crippen LogP contribution is -2.49. The number of aliphatic hydroxyl groups is 1. The SMILES string of the molecule is CC[C@@H](O)CNC(C(=O)OC)C(C)(C)C. The van der Waals surface area contributed by atoms with Gasteiger partial charge in [0.2, 0.25) is 0 Å². The number of carbonyl (C=O) groups is 1. The maximum atomic E-state index is 11.5. The van der Waals surface area contributed by atoms with E-state index in [2.05, 4.69) is 5.32 Å². The number of nitrogens with one attached hydrogen (secondary N) is 1. The number of carbonyl (C=O) groups excluding carboxylic acids is 1. The number of hydrogen-bond donors (Lipinski definition) is 2. The molecule has 0 aliphatic rings. The molecular formula is C11H23NO3. The summed E-state index contributed by atoms with van der Waals surface area (Å²) < 4.78 is 4.72. The minimum atomic E-state index is -0.417. The first-order valence-corrected chi connectivity index (χ1v) is 5.32. The predicted molar refractivity (Wildman–Crippen MR) is 59.6 cm³/mol. The first-order chi connectivity index (χ1) is 6.82. The van der Waals surface area contributed by atoms with E-state index < -0.39 is 6.10 Å². The zero-order valence-corrected chi connectivity index (χ0v) is 10.3. The summed E-state index contributed by atoms with van der Waals surface area (Å²) in [6.45, 7) is 8.18. The van der Waals surface area contributed by atoms with Crippen LogP contribution in [-0.2, 0) is 9.53 Å². The molecule has 0 rings (SSSR count). The molecule has 0 saturated carbocycles. The highest BCUT2D eigenvalue weighted by Gasteiger charge is 2.31. The third kappa shape index (κ3) is 5.14. The molecule has 0 bridgehead atoms. The lowest BCUT2D eigenvalue weighted by molar-refractivity contribution is -0.146. The zero-order chi connectivity index (χ0) is 12.1. The lowest BCUT2D eigenvalue weighted by atomic mass is 9.86. The van der Waals surface area contributed by atoms with Crippen molar-refractivity contribution < 1.29 is 14.6 Å². The Labute approximate surface area is 92.0 Å². The molecule has 0 amide bonds. The second-order valence-corrected chi connectivity index (χ2v) is 4.79. The Hall–Kier alpha value is -0.610. The number of methoxy groups -OCH3 is 1. The molecule has 0 aromatic rings. The van der Waals surface area contributed by atoms with E-state index in [9.17, 15) is 9.90 Å². The summed E-state index contributed by atoms with van der Waals surface area (Å²) >= 11 is 0. The number of esters is 1. The molecule has 0 aliphatic carbocycles. The molecule has 0 fully saturated rings. The minimum Gasteiger partial charge on any atom is -0.468 e. The van der Waals surface area contributed by atoms with Gasteiger partial charge in [0.25, 0.3) is 0 Å². The fourth-order valence-corrected chi connectivity index (χ4v) is 1.26. The molecule has 0 radical (unpaired) electrons. The topological polar surface area (TPSA) is 58.6 Å². The second kappa shape index (κ2) is 6.08. The fourth-order valence-electron chi connectivity index (χ4n) is 1.26. The van der Waals surface area contributed by atoms with Crippen molar-refractivity contribution in [1.29, 1.82) is 0 Å². The highest BCUT2D eigenvalue weighted by molar-refractivity contribution is 5.76. The van der Waals surface area contributed by atoms with Crippen LogP contribution in [0.4, 0.5) is 0 Å². The van der Waals surface area contributed by atoms with Crippen LogP contribution >= 0.6 is 0 Å². The molecule has 15 heavy (non-hydrogen) atoms. The Kier molecular flexibility index (Phi) is 5.83. The molecule has 1 unspecified atom stereocenters. The second-order valence-electron chi connectivity index (χ2n) is 4.79. The summed E-state index contributed by atoms with van der Waals surface area (Å²) in [6.07, 6.45) is 0.255. The van der Waals surface area contributed by atoms with Crippen molar-refractivity contribution >= 4 is 5.97 Å². The van der Waals surface area contributed by atoms with E-state index in [1.54, 1.807) is 0 Å². The maximum absolute atomic E-state index is 11.5. The van der Waals surface area contributed by atoms with E-state index >= 15 is 0 Å². The van der Waals surface area contributed by atoms with Gasteiger partial charge in [0, 0.05) is 6.54 Å². The zero-order valence-electron chi connectivity index (χ0n) is 10.3. The first kappa shape index (κ1) is 14.4. The summed E-state index contributed by atoms with van der Waals surface area (Å²) in [4.78, 5) is 11.5. The van der Waals surface area contributed by atoms with Crippen LogP contribution in [0.15, 0.2) is 0 Å². The smallest absolute Gasteiger partial charge is 0.323 e. The Bertz CT molecular complexity index is 198. The minimum absolute atomic E-state index is 0.222. The van der Waals surface area contributed by atoms with Gasteiger partial charge < -0.3 is 15.2 Å². The van der Waals surface area contributed by atoms with E-state index in [0.29, 0.717) is 13.0 Å². The summed E-state index contributed by atoms with van der Waals surface area (Å²) in [7, 11) is 1.37. The number of ether oxygens (including phenoxy) is 1. The molecule has 4 nitrogen and oxygen atoms in total. The largest absolute Gasteiger partial charge is 0.468 e. The van der Waals surface area contributed by atoms with Gasteiger partial charge in [-0.2, -0.15) is 0 Å². The van der Waals surface area contributed by atoms with Crippen LogP contribution < -0.4 is 5.32 Å². The summed E-state index contributed by atoms with van der Waals surface area (Å²) in [6, 6.07) is -0.385. The monoisotopic (exact) mass is 217 g/mol. The van der Waals surface area contributed by atoms with Crippen LogP contribution in [0, 0.1) is 5.41 Å². The van der Waals surface area contributed by atoms with Gasteiger partial charge in [-0.05, 0) is 11.8 Å². The molecule has 0 heterocycles. The van der Waals surface area contributed by atoms with Crippen molar-refractivity contribution in [1.82, 2.24) is 5.32 Å². The third-order valence-corrected chi connectivity index (χ3v) is 2.33.